The zero-order valence-corrected chi connectivity index (χ0v) is 17.8. The molecule has 5 rings (SSSR count). The number of benzene rings is 3. The van der Waals surface area contributed by atoms with E-state index in [-0.39, 0.29) is 11.6 Å². The summed E-state index contributed by atoms with van der Waals surface area (Å²) < 4.78 is 6.41. The average molecular weight is 385 g/mol. The van der Waals surface area contributed by atoms with E-state index >= 15 is 0 Å². The number of furan rings is 1. The van der Waals surface area contributed by atoms with Crippen LogP contribution < -0.4 is 9.80 Å². The third-order valence-corrected chi connectivity index (χ3v) is 6.93. The summed E-state index contributed by atoms with van der Waals surface area (Å²) in [5.74, 6) is 0.515. The molecule has 1 aliphatic heterocycles. The van der Waals surface area contributed by atoms with Crippen molar-refractivity contribution in [2.24, 2.45) is 11.3 Å². The summed E-state index contributed by atoms with van der Waals surface area (Å²) in [6, 6.07) is 23.5. The van der Waals surface area contributed by atoms with Gasteiger partial charge in [-0.3, -0.25) is 0 Å². The maximum absolute atomic E-state index is 6.41. The van der Waals surface area contributed by atoms with Gasteiger partial charge in [0.2, 0.25) is 0 Å². The van der Waals surface area contributed by atoms with Crippen LogP contribution >= 0.6 is 0 Å². The predicted octanol–water partition coefficient (Wildman–Crippen LogP) is 7.18. The molecule has 0 saturated heterocycles. The lowest BCUT2D eigenvalue weighted by Crippen LogP contribution is -2.51. The molecule has 1 unspecified atom stereocenters. The second-order valence-electron chi connectivity index (χ2n) is 9.07. The molecule has 1 atom stereocenters. The summed E-state index contributed by atoms with van der Waals surface area (Å²) in [5.41, 5.74) is 5.59. The van der Waals surface area contributed by atoms with E-state index in [4.69, 9.17) is 4.42 Å². The second-order valence-corrected chi connectivity index (χ2v) is 9.07. The topological polar surface area (TPSA) is 19.6 Å². The van der Waals surface area contributed by atoms with Crippen molar-refractivity contribution in [3.63, 3.8) is 0 Å². The van der Waals surface area contributed by atoms with E-state index in [1.807, 2.05) is 6.07 Å². The molecule has 0 radical (unpaired) electrons. The first kappa shape index (κ1) is 18.1. The molecule has 0 bridgehead atoms. The molecule has 0 spiro atoms. The smallest absolute Gasteiger partial charge is 0.159 e. The third kappa shape index (κ3) is 2.50. The quantitative estimate of drug-likeness (QED) is 0.373. The van der Waals surface area contributed by atoms with Crippen molar-refractivity contribution in [3.05, 3.63) is 66.7 Å². The Morgan fingerprint density at radius 2 is 1.41 bits per heavy atom. The Kier molecular flexibility index (Phi) is 3.92. The average Bonchev–Trinajstić information content (AvgIpc) is 3.24. The number of nitrogens with zero attached hydrogens (tertiary/aromatic N) is 2. The number of fused-ring (bicyclic) bond motifs is 4. The fraction of sp³-hybridized carbons (Fsp3) is 0.308. The van der Waals surface area contributed by atoms with Crippen LogP contribution in [0.1, 0.15) is 27.7 Å². The van der Waals surface area contributed by atoms with Crippen molar-refractivity contribution in [2.45, 2.75) is 33.9 Å². The van der Waals surface area contributed by atoms with E-state index in [1.54, 1.807) is 0 Å². The van der Waals surface area contributed by atoms with Gasteiger partial charge >= 0.3 is 0 Å². The van der Waals surface area contributed by atoms with E-state index in [0.717, 1.165) is 16.9 Å². The first-order chi connectivity index (χ1) is 13.9. The number of rotatable bonds is 3. The molecule has 0 saturated carbocycles. The molecule has 0 aliphatic carbocycles. The Hall–Kier alpha value is -2.94. The van der Waals surface area contributed by atoms with Crippen LogP contribution in [0.3, 0.4) is 0 Å². The lowest BCUT2D eigenvalue weighted by atomic mass is 9.77. The monoisotopic (exact) mass is 384 g/mol. The van der Waals surface area contributed by atoms with Gasteiger partial charge in [0.1, 0.15) is 11.7 Å². The van der Waals surface area contributed by atoms with E-state index in [9.17, 15) is 0 Å². The van der Waals surface area contributed by atoms with Gasteiger partial charge in [-0.05, 0) is 30.2 Å². The fourth-order valence-corrected chi connectivity index (χ4v) is 4.72. The largest absolute Gasteiger partial charge is 0.454 e. The Balaban J connectivity index is 1.80. The van der Waals surface area contributed by atoms with Crippen molar-refractivity contribution < 1.29 is 4.42 Å². The van der Waals surface area contributed by atoms with Gasteiger partial charge in [-0.15, -0.1) is 0 Å². The minimum Gasteiger partial charge on any atom is -0.454 e. The first-order valence-electron chi connectivity index (χ1n) is 10.4. The highest BCUT2D eigenvalue weighted by atomic mass is 16.3. The molecular weight excluding hydrogens is 356 g/mol. The van der Waals surface area contributed by atoms with Crippen LogP contribution in [0.25, 0.3) is 21.9 Å². The standard InChI is InChI=1S/C26H28N2O/c1-17(2)26(3,4)25-27(5)20-13-7-8-14-21(20)28(25)22-15-10-12-19-18-11-6-9-16-23(18)29-24(19)22/h6-17,25H,1-5H3. The highest BCUT2D eigenvalue weighted by Gasteiger charge is 2.46. The Morgan fingerprint density at radius 3 is 2.17 bits per heavy atom. The van der Waals surface area contributed by atoms with E-state index in [2.05, 4.69) is 105 Å². The SMILES string of the molecule is CC(C)C(C)(C)C1N(C)c2ccccc2N1c1cccc2c1oc1ccccc12. The molecule has 0 N–H and O–H groups in total. The summed E-state index contributed by atoms with van der Waals surface area (Å²) in [5, 5.41) is 2.34. The highest BCUT2D eigenvalue weighted by Crippen LogP contribution is 2.52. The van der Waals surface area contributed by atoms with Crippen molar-refractivity contribution in [2.75, 3.05) is 16.8 Å². The van der Waals surface area contributed by atoms with Gasteiger partial charge in [0.05, 0.1) is 17.1 Å². The molecule has 29 heavy (non-hydrogen) atoms. The number of hydrogen-bond donors (Lipinski definition) is 0. The third-order valence-electron chi connectivity index (χ3n) is 6.93. The Morgan fingerprint density at radius 1 is 0.793 bits per heavy atom. The zero-order chi connectivity index (χ0) is 20.3. The van der Waals surface area contributed by atoms with Crippen molar-refractivity contribution in [3.8, 4) is 0 Å². The van der Waals surface area contributed by atoms with Gasteiger partial charge < -0.3 is 14.2 Å². The molecule has 0 fully saturated rings. The molecule has 1 aromatic heterocycles. The van der Waals surface area contributed by atoms with Gasteiger partial charge in [-0.2, -0.15) is 0 Å². The summed E-state index contributed by atoms with van der Waals surface area (Å²) in [4.78, 5) is 4.91. The lowest BCUT2D eigenvalue weighted by Gasteiger charge is -2.44. The van der Waals surface area contributed by atoms with Gasteiger partial charge in [0, 0.05) is 23.2 Å². The number of anilines is 3. The van der Waals surface area contributed by atoms with Crippen LogP contribution in [0.2, 0.25) is 0 Å². The van der Waals surface area contributed by atoms with Gasteiger partial charge in [0.15, 0.2) is 5.58 Å². The molecule has 148 valence electrons. The molecule has 2 heterocycles. The van der Waals surface area contributed by atoms with Gasteiger partial charge in [-0.1, -0.05) is 70.2 Å². The van der Waals surface area contributed by atoms with Crippen LogP contribution in [-0.4, -0.2) is 13.2 Å². The fourth-order valence-electron chi connectivity index (χ4n) is 4.72. The first-order valence-corrected chi connectivity index (χ1v) is 10.4. The van der Waals surface area contributed by atoms with Crippen LogP contribution in [0, 0.1) is 11.3 Å². The summed E-state index contributed by atoms with van der Waals surface area (Å²) >= 11 is 0. The molecule has 3 aromatic carbocycles. The summed E-state index contributed by atoms with van der Waals surface area (Å²) in [6.45, 7) is 9.38. The maximum atomic E-state index is 6.41. The molecule has 1 aliphatic rings. The van der Waals surface area contributed by atoms with E-state index in [0.29, 0.717) is 5.92 Å². The molecular formula is C26H28N2O. The summed E-state index contributed by atoms with van der Waals surface area (Å²) in [6.07, 6.45) is 0.193. The minimum atomic E-state index is 0.0575. The van der Waals surface area contributed by atoms with E-state index in [1.165, 1.54) is 22.1 Å². The Bertz CT molecular complexity index is 1200. The van der Waals surface area contributed by atoms with Gasteiger partial charge in [-0.25, -0.2) is 0 Å². The zero-order valence-electron chi connectivity index (χ0n) is 17.8. The van der Waals surface area contributed by atoms with Crippen LogP contribution in [0.15, 0.2) is 71.1 Å². The minimum absolute atomic E-state index is 0.0575. The van der Waals surface area contributed by atoms with Crippen LogP contribution in [-0.2, 0) is 0 Å². The van der Waals surface area contributed by atoms with Crippen molar-refractivity contribution >= 4 is 39.0 Å². The number of hydrogen-bond acceptors (Lipinski definition) is 3. The molecule has 4 aromatic rings. The predicted molar refractivity (Wildman–Crippen MR) is 123 cm³/mol. The summed E-state index contributed by atoms with van der Waals surface area (Å²) in [7, 11) is 2.21. The molecule has 0 amide bonds. The van der Waals surface area contributed by atoms with E-state index < -0.39 is 0 Å². The highest BCUT2D eigenvalue weighted by molar-refractivity contribution is 6.10. The van der Waals surface area contributed by atoms with Crippen molar-refractivity contribution in [1.29, 1.82) is 0 Å². The van der Waals surface area contributed by atoms with Crippen LogP contribution in [0.4, 0.5) is 17.1 Å². The van der Waals surface area contributed by atoms with Gasteiger partial charge in [0.25, 0.3) is 0 Å². The molecule has 3 nitrogen and oxygen atoms in total. The lowest BCUT2D eigenvalue weighted by molar-refractivity contribution is 0.197. The Labute approximate surface area is 172 Å². The number of para-hydroxylation sites is 4. The maximum Gasteiger partial charge on any atom is 0.159 e. The van der Waals surface area contributed by atoms with Crippen LogP contribution in [0.5, 0.6) is 0 Å². The normalized spacial score (nSPS) is 17.0. The second kappa shape index (κ2) is 6.28. The van der Waals surface area contributed by atoms with Crippen molar-refractivity contribution in [1.82, 2.24) is 0 Å². The molecule has 3 heteroatoms.